The van der Waals surface area contributed by atoms with E-state index in [9.17, 15) is 13.6 Å². The van der Waals surface area contributed by atoms with Crippen molar-refractivity contribution in [1.29, 1.82) is 0 Å². The molecule has 1 aliphatic rings. The van der Waals surface area contributed by atoms with Crippen LogP contribution in [0, 0.1) is 18.6 Å². The predicted molar refractivity (Wildman–Crippen MR) is 99.4 cm³/mol. The van der Waals surface area contributed by atoms with Gasteiger partial charge in [-0.3, -0.25) is 9.69 Å². The topological polar surface area (TPSA) is 41.6 Å². The standard InChI is InChI=1S/C21H24F2N2O2/c1-14-6-7-19-17(10-14)13-25(12-15(2)27-19)9-8-20(26)24-11-16-4-3-5-18(22)21(16)23/h3-7,10,15H,8-9,11-13H2,1-2H3,(H,24,26)/t15-/m1/s1. The molecule has 2 aromatic carbocycles. The van der Waals surface area contributed by atoms with Gasteiger partial charge in [0.2, 0.25) is 5.91 Å². The van der Waals surface area contributed by atoms with Crippen molar-refractivity contribution < 1.29 is 18.3 Å². The van der Waals surface area contributed by atoms with E-state index in [1.54, 1.807) is 0 Å². The molecule has 0 saturated carbocycles. The van der Waals surface area contributed by atoms with Crippen LogP contribution < -0.4 is 10.1 Å². The van der Waals surface area contributed by atoms with E-state index in [0.717, 1.165) is 23.9 Å². The van der Waals surface area contributed by atoms with E-state index in [2.05, 4.69) is 16.3 Å². The molecule has 1 aliphatic heterocycles. The number of carbonyl (C=O) groups excluding carboxylic acids is 1. The van der Waals surface area contributed by atoms with Gasteiger partial charge in [0.05, 0.1) is 0 Å². The summed E-state index contributed by atoms with van der Waals surface area (Å²) in [6, 6.07) is 10.1. The van der Waals surface area contributed by atoms with E-state index >= 15 is 0 Å². The van der Waals surface area contributed by atoms with E-state index in [1.807, 2.05) is 26.0 Å². The molecular weight excluding hydrogens is 350 g/mol. The van der Waals surface area contributed by atoms with Gasteiger partial charge in [-0.15, -0.1) is 0 Å². The monoisotopic (exact) mass is 374 g/mol. The molecule has 1 heterocycles. The molecule has 0 aliphatic carbocycles. The van der Waals surface area contributed by atoms with Crippen LogP contribution in [0.2, 0.25) is 0 Å². The third-order valence-electron chi connectivity index (χ3n) is 4.62. The summed E-state index contributed by atoms with van der Waals surface area (Å²) in [5.74, 6) is -1.12. The van der Waals surface area contributed by atoms with Gasteiger partial charge in [-0.05, 0) is 26.0 Å². The number of nitrogens with zero attached hydrogens (tertiary/aromatic N) is 1. The van der Waals surface area contributed by atoms with Crippen molar-refractivity contribution in [3.05, 3.63) is 64.7 Å². The van der Waals surface area contributed by atoms with Crippen LogP contribution in [0.25, 0.3) is 0 Å². The number of hydrogen-bond acceptors (Lipinski definition) is 3. The normalized spacial score (nSPS) is 17.0. The van der Waals surface area contributed by atoms with Gasteiger partial charge in [-0.2, -0.15) is 0 Å². The zero-order valence-electron chi connectivity index (χ0n) is 15.6. The van der Waals surface area contributed by atoms with Crippen molar-refractivity contribution in [3.8, 4) is 5.75 Å². The van der Waals surface area contributed by atoms with Crippen molar-refractivity contribution in [2.75, 3.05) is 13.1 Å². The van der Waals surface area contributed by atoms with Crippen LogP contribution in [0.3, 0.4) is 0 Å². The summed E-state index contributed by atoms with van der Waals surface area (Å²) in [6.45, 7) is 6.03. The second kappa shape index (κ2) is 8.48. The van der Waals surface area contributed by atoms with Gasteiger partial charge in [0.15, 0.2) is 11.6 Å². The molecule has 1 amide bonds. The molecule has 0 fully saturated rings. The van der Waals surface area contributed by atoms with Crippen molar-refractivity contribution >= 4 is 5.91 Å². The number of aryl methyl sites for hydroxylation is 1. The largest absolute Gasteiger partial charge is 0.489 e. The highest BCUT2D eigenvalue weighted by atomic mass is 19.2. The Labute approximate surface area is 158 Å². The van der Waals surface area contributed by atoms with Crippen LogP contribution in [0.5, 0.6) is 5.75 Å². The quantitative estimate of drug-likeness (QED) is 0.870. The number of fused-ring (bicyclic) bond motifs is 1. The molecular formula is C21H24F2N2O2. The fourth-order valence-corrected chi connectivity index (χ4v) is 3.27. The minimum atomic E-state index is -0.914. The van der Waals surface area contributed by atoms with E-state index < -0.39 is 11.6 Å². The number of amides is 1. The van der Waals surface area contributed by atoms with Crippen LogP contribution in [-0.2, 0) is 17.9 Å². The van der Waals surface area contributed by atoms with Crippen molar-refractivity contribution in [3.63, 3.8) is 0 Å². The lowest BCUT2D eigenvalue weighted by atomic mass is 10.1. The summed E-state index contributed by atoms with van der Waals surface area (Å²) in [4.78, 5) is 14.3. The fourth-order valence-electron chi connectivity index (χ4n) is 3.27. The van der Waals surface area contributed by atoms with Crippen molar-refractivity contribution in [2.24, 2.45) is 0 Å². The summed E-state index contributed by atoms with van der Waals surface area (Å²) in [5.41, 5.74) is 2.42. The summed E-state index contributed by atoms with van der Waals surface area (Å²) >= 11 is 0. The Morgan fingerprint density at radius 3 is 2.93 bits per heavy atom. The van der Waals surface area contributed by atoms with Crippen LogP contribution in [-0.4, -0.2) is 30.0 Å². The summed E-state index contributed by atoms with van der Waals surface area (Å²) in [6.07, 6.45) is 0.309. The summed E-state index contributed by atoms with van der Waals surface area (Å²) in [5, 5.41) is 2.66. The number of rotatable bonds is 5. The predicted octanol–water partition coefficient (Wildman–Crippen LogP) is 3.56. The minimum Gasteiger partial charge on any atom is -0.489 e. The highest BCUT2D eigenvalue weighted by Gasteiger charge is 2.20. The van der Waals surface area contributed by atoms with Gasteiger partial charge >= 0.3 is 0 Å². The number of hydrogen-bond donors (Lipinski definition) is 1. The first-order chi connectivity index (χ1) is 12.9. The van der Waals surface area contributed by atoms with E-state index in [4.69, 9.17) is 4.74 Å². The molecule has 1 N–H and O–H groups in total. The second-order valence-corrected chi connectivity index (χ2v) is 7.01. The highest BCUT2D eigenvalue weighted by molar-refractivity contribution is 5.76. The number of ether oxygens (including phenoxy) is 1. The van der Waals surface area contributed by atoms with Gasteiger partial charge in [0.25, 0.3) is 0 Å². The zero-order chi connectivity index (χ0) is 19.4. The first-order valence-corrected chi connectivity index (χ1v) is 9.10. The van der Waals surface area contributed by atoms with Crippen molar-refractivity contribution in [2.45, 2.75) is 39.5 Å². The molecule has 2 aromatic rings. The van der Waals surface area contributed by atoms with E-state index in [0.29, 0.717) is 13.1 Å². The number of carbonyl (C=O) groups is 1. The number of nitrogens with one attached hydrogen (secondary N) is 1. The molecule has 0 unspecified atom stereocenters. The third-order valence-corrected chi connectivity index (χ3v) is 4.62. The van der Waals surface area contributed by atoms with Crippen LogP contribution in [0.15, 0.2) is 36.4 Å². The first kappa shape index (κ1) is 19.3. The Balaban J connectivity index is 1.54. The SMILES string of the molecule is Cc1ccc2c(c1)CN(CCC(=O)NCc1cccc(F)c1F)C[C@@H](C)O2. The number of benzene rings is 2. The molecule has 144 valence electrons. The minimum absolute atomic E-state index is 0.0238. The van der Waals surface area contributed by atoms with Gasteiger partial charge in [-0.1, -0.05) is 29.8 Å². The lowest BCUT2D eigenvalue weighted by Gasteiger charge is -2.21. The molecule has 0 radical (unpaired) electrons. The Morgan fingerprint density at radius 1 is 1.30 bits per heavy atom. The molecule has 6 heteroatoms. The Kier molecular flexibility index (Phi) is 6.06. The molecule has 0 spiro atoms. The smallest absolute Gasteiger partial charge is 0.221 e. The third kappa shape index (κ3) is 5.04. The Bertz CT molecular complexity index is 826. The first-order valence-electron chi connectivity index (χ1n) is 9.10. The molecule has 0 aromatic heterocycles. The molecule has 3 rings (SSSR count). The van der Waals surface area contributed by atoms with Gasteiger partial charge in [-0.25, -0.2) is 8.78 Å². The maximum atomic E-state index is 13.6. The van der Waals surface area contributed by atoms with Crippen LogP contribution in [0.1, 0.15) is 30.0 Å². The fraction of sp³-hybridized carbons (Fsp3) is 0.381. The molecule has 0 saturated heterocycles. The maximum Gasteiger partial charge on any atom is 0.221 e. The van der Waals surface area contributed by atoms with E-state index in [-0.39, 0.29) is 30.5 Å². The highest BCUT2D eigenvalue weighted by Crippen LogP contribution is 2.26. The summed E-state index contributed by atoms with van der Waals surface area (Å²) < 4.78 is 32.8. The lowest BCUT2D eigenvalue weighted by molar-refractivity contribution is -0.121. The molecule has 4 nitrogen and oxygen atoms in total. The summed E-state index contributed by atoms with van der Waals surface area (Å²) in [7, 11) is 0. The van der Waals surface area contributed by atoms with Crippen LogP contribution >= 0.6 is 0 Å². The van der Waals surface area contributed by atoms with E-state index in [1.165, 1.54) is 17.7 Å². The van der Waals surface area contributed by atoms with Gasteiger partial charge < -0.3 is 10.1 Å². The zero-order valence-corrected chi connectivity index (χ0v) is 15.6. The van der Waals surface area contributed by atoms with Crippen molar-refractivity contribution in [1.82, 2.24) is 10.2 Å². The van der Waals surface area contributed by atoms with Gasteiger partial charge in [0, 0.05) is 43.7 Å². The number of halogens is 2. The molecule has 1 atom stereocenters. The maximum absolute atomic E-state index is 13.6. The lowest BCUT2D eigenvalue weighted by Crippen LogP contribution is -2.34. The van der Waals surface area contributed by atoms with Crippen LogP contribution in [0.4, 0.5) is 8.78 Å². The Hall–Kier alpha value is -2.47. The molecule has 27 heavy (non-hydrogen) atoms. The average molecular weight is 374 g/mol. The average Bonchev–Trinajstić information content (AvgIpc) is 2.78. The van der Waals surface area contributed by atoms with Gasteiger partial charge in [0.1, 0.15) is 11.9 Å². The molecule has 0 bridgehead atoms. The second-order valence-electron chi connectivity index (χ2n) is 7.01. The Morgan fingerprint density at radius 2 is 2.11 bits per heavy atom.